The van der Waals surface area contributed by atoms with Crippen LogP contribution in [0.15, 0.2) is 64.8 Å². The smallest absolute Gasteiger partial charge is 0.154 e. The molecular weight excluding hydrogens is 332 g/mol. The second-order valence-electron chi connectivity index (χ2n) is 5.56. The molecule has 6 heteroatoms. The molecule has 1 heterocycles. The Balaban J connectivity index is 1.70. The first-order valence-corrected chi connectivity index (χ1v) is 8.69. The van der Waals surface area contributed by atoms with Crippen LogP contribution in [0.2, 0.25) is 0 Å². The molecule has 3 aromatic rings. The van der Waals surface area contributed by atoms with Crippen molar-refractivity contribution in [3.05, 3.63) is 66.0 Å². The number of methoxy groups -OCH3 is 1. The number of aromatic nitrogens is 2. The van der Waals surface area contributed by atoms with Crippen LogP contribution in [0.5, 0.6) is 5.75 Å². The fraction of sp³-hybridized carbons (Fsp3) is 0.158. The number of nitrogens with one attached hydrogen (secondary N) is 1. The number of rotatable bonds is 6. The second-order valence-corrected chi connectivity index (χ2v) is 6.62. The first-order chi connectivity index (χ1) is 12.2. The number of anilines is 2. The van der Waals surface area contributed by atoms with Gasteiger partial charge < -0.3 is 15.8 Å². The predicted octanol–water partition coefficient (Wildman–Crippen LogP) is 4.14. The number of hydrogen-bond acceptors (Lipinski definition) is 6. The van der Waals surface area contributed by atoms with Gasteiger partial charge in [-0.3, -0.25) is 0 Å². The number of aryl methyl sites for hydroxylation is 1. The van der Waals surface area contributed by atoms with Crippen LogP contribution < -0.4 is 15.8 Å². The van der Waals surface area contributed by atoms with Gasteiger partial charge in [-0.15, -0.1) is 0 Å². The number of nitrogens with zero attached hydrogens (tertiary/aromatic N) is 2. The van der Waals surface area contributed by atoms with Crippen LogP contribution in [-0.2, 0) is 6.54 Å². The fourth-order valence-corrected chi connectivity index (χ4v) is 3.05. The van der Waals surface area contributed by atoms with Gasteiger partial charge in [0, 0.05) is 11.4 Å². The summed E-state index contributed by atoms with van der Waals surface area (Å²) in [5.41, 5.74) is 9.14. The van der Waals surface area contributed by atoms with E-state index in [2.05, 4.69) is 46.5 Å². The first kappa shape index (κ1) is 17.1. The molecule has 1 aromatic heterocycles. The molecule has 0 radical (unpaired) electrons. The van der Waals surface area contributed by atoms with Gasteiger partial charge in [0.05, 0.1) is 7.11 Å². The van der Waals surface area contributed by atoms with E-state index in [0.717, 1.165) is 21.2 Å². The minimum atomic E-state index is 0.557. The van der Waals surface area contributed by atoms with Gasteiger partial charge >= 0.3 is 0 Å². The second kappa shape index (κ2) is 7.90. The molecule has 0 amide bonds. The Hall–Kier alpha value is -2.73. The first-order valence-electron chi connectivity index (χ1n) is 7.87. The van der Waals surface area contributed by atoms with Crippen LogP contribution in [-0.4, -0.2) is 17.1 Å². The normalized spacial score (nSPS) is 10.5. The van der Waals surface area contributed by atoms with E-state index >= 15 is 0 Å². The predicted molar refractivity (Wildman–Crippen MR) is 102 cm³/mol. The van der Waals surface area contributed by atoms with Crippen molar-refractivity contribution in [3.63, 3.8) is 0 Å². The standard InChI is InChI=1S/C19H20N4OS/c1-13-3-9-16(10-4-13)25-19-17(20)18(22-12-23-19)21-11-14-5-7-15(24-2)8-6-14/h3-10,12H,11,20H2,1-2H3,(H,21,22,23). The third kappa shape index (κ3) is 4.42. The van der Waals surface area contributed by atoms with Crippen molar-refractivity contribution in [2.75, 3.05) is 18.2 Å². The molecule has 128 valence electrons. The highest BCUT2D eigenvalue weighted by Crippen LogP contribution is 2.33. The fourth-order valence-electron chi connectivity index (χ4n) is 2.25. The number of hydrogen-bond donors (Lipinski definition) is 2. The number of ether oxygens (including phenoxy) is 1. The molecule has 0 unspecified atom stereocenters. The molecule has 0 atom stereocenters. The Kier molecular flexibility index (Phi) is 5.40. The molecule has 5 nitrogen and oxygen atoms in total. The van der Waals surface area contributed by atoms with Gasteiger partial charge in [0.25, 0.3) is 0 Å². The van der Waals surface area contributed by atoms with Crippen LogP contribution >= 0.6 is 11.8 Å². The summed E-state index contributed by atoms with van der Waals surface area (Å²) in [4.78, 5) is 9.66. The highest BCUT2D eigenvalue weighted by Gasteiger charge is 2.09. The van der Waals surface area contributed by atoms with Gasteiger partial charge in [0.2, 0.25) is 0 Å². The summed E-state index contributed by atoms with van der Waals surface area (Å²) in [5.74, 6) is 1.47. The molecule has 0 aliphatic carbocycles. The lowest BCUT2D eigenvalue weighted by molar-refractivity contribution is 0.414. The molecule has 2 aromatic carbocycles. The Morgan fingerprint density at radius 1 is 1.04 bits per heavy atom. The zero-order valence-corrected chi connectivity index (χ0v) is 15.0. The van der Waals surface area contributed by atoms with Crippen molar-refractivity contribution in [1.82, 2.24) is 9.97 Å². The van der Waals surface area contributed by atoms with Crippen LogP contribution in [0.3, 0.4) is 0 Å². The molecule has 0 aliphatic rings. The zero-order valence-electron chi connectivity index (χ0n) is 14.2. The van der Waals surface area contributed by atoms with E-state index in [4.69, 9.17) is 10.5 Å². The van der Waals surface area contributed by atoms with Crippen molar-refractivity contribution in [2.45, 2.75) is 23.4 Å². The highest BCUT2D eigenvalue weighted by atomic mass is 32.2. The monoisotopic (exact) mass is 352 g/mol. The average molecular weight is 352 g/mol. The summed E-state index contributed by atoms with van der Waals surface area (Å²) in [5, 5.41) is 4.02. The quantitative estimate of drug-likeness (QED) is 0.650. The summed E-state index contributed by atoms with van der Waals surface area (Å²) in [6, 6.07) is 16.1. The molecule has 3 rings (SSSR count). The van der Waals surface area contributed by atoms with E-state index < -0.39 is 0 Å². The Labute approximate surface area is 151 Å². The van der Waals surface area contributed by atoms with Gasteiger partial charge in [-0.2, -0.15) is 0 Å². The Morgan fingerprint density at radius 2 is 1.76 bits per heavy atom. The largest absolute Gasteiger partial charge is 0.497 e. The summed E-state index contributed by atoms with van der Waals surface area (Å²) in [6.07, 6.45) is 1.53. The van der Waals surface area contributed by atoms with Gasteiger partial charge in [-0.1, -0.05) is 41.6 Å². The molecule has 0 saturated heterocycles. The third-order valence-electron chi connectivity index (χ3n) is 3.70. The van der Waals surface area contributed by atoms with Gasteiger partial charge in [0.15, 0.2) is 5.82 Å². The number of nitrogens with two attached hydrogens (primary N) is 1. The van der Waals surface area contributed by atoms with Gasteiger partial charge in [-0.25, -0.2) is 9.97 Å². The lowest BCUT2D eigenvalue weighted by Gasteiger charge is -2.11. The maximum absolute atomic E-state index is 6.24. The van der Waals surface area contributed by atoms with Crippen molar-refractivity contribution in [2.24, 2.45) is 0 Å². The molecular formula is C19H20N4OS. The summed E-state index contributed by atoms with van der Waals surface area (Å²) >= 11 is 1.53. The molecule has 0 saturated carbocycles. The SMILES string of the molecule is COc1ccc(CNc2ncnc(Sc3ccc(C)cc3)c2N)cc1. The van der Waals surface area contributed by atoms with Gasteiger partial charge in [0.1, 0.15) is 22.8 Å². The average Bonchev–Trinajstić information content (AvgIpc) is 2.64. The number of nitrogen functional groups attached to an aromatic ring is 1. The van der Waals surface area contributed by atoms with Crippen LogP contribution in [0, 0.1) is 6.92 Å². The van der Waals surface area contributed by atoms with E-state index in [9.17, 15) is 0 Å². The Morgan fingerprint density at radius 3 is 2.44 bits per heavy atom. The van der Waals surface area contributed by atoms with E-state index in [-0.39, 0.29) is 0 Å². The minimum Gasteiger partial charge on any atom is -0.497 e. The maximum atomic E-state index is 6.24. The molecule has 0 aliphatic heterocycles. The molecule has 3 N–H and O–H groups in total. The summed E-state index contributed by atoms with van der Waals surface area (Å²) in [7, 11) is 1.65. The lowest BCUT2D eigenvalue weighted by Crippen LogP contribution is -2.06. The van der Waals surface area contributed by atoms with E-state index in [0.29, 0.717) is 18.1 Å². The minimum absolute atomic E-state index is 0.557. The topological polar surface area (TPSA) is 73.1 Å². The molecule has 0 bridgehead atoms. The zero-order chi connectivity index (χ0) is 17.6. The van der Waals surface area contributed by atoms with Crippen molar-refractivity contribution < 1.29 is 4.74 Å². The summed E-state index contributed by atoms with van der Waals surface area (Å²) in [6.45, 7) is 2.69. The van der Waals surface area contributed by atoms with E-state index in [1.807, 2.05) is 24.3 Å². The molecule has 0 spiro atoms. The van der Waals surface area contributed by atoms with Crippen molar-refractivity contribution in [3.8, 4) is 5.75 Å². The lowest BCUT2D eigenvalue weighted by atomic mass is 10.2. The van der Waals surface area contributed by atoms with Crippen LogP contribution in [0.4, 0.5) is 11.5 Å². The van der Waals surface area contributed by atoms with E-state index in [1.54, 1.807) is 7.11 Å². The van der Waals surface area contributed by atoms with Crippen LogP contribution in [0.25, 0.3) is 0 Å². The number of benzene rings is 2. The van der Waals surface area contributed by atoms with Crippen molar-refractivity contribution >= 4 is 23.3 Å². The molecule has 0 fully saturated rings. The van der Waals surface area contributed by atoms with E-state index in [1.165, 1.54) is 23.7 Å². The molecule has 25 heavy (non-hydrogen) atoms. The van der Waals surface area contributed by atoms with Crippen molar-refractivity contribution in [1.29, 1.82) is 0 Å². The Bertz CT molecular complexity index is 835. The third-order valence-corrected chi connectivity index (χ3v) is 4.73. The summed E-state index contributed by atoms with van der Waals surface area (Å²) < 4.78 is 5.17. The van der Waals surface area contributed by atoms with Crippen LogP contribution in [0.1, 0.15) is 11.1 Å². The highest BCUT2D eigenvalue weighted by molar-refractivity contribution is 7.99. The van der Waals surface area contributed by atoms with Gasteiger partial charge in [-0.05, 0) is 36.8 Å². The maximum Gasteiger partial charge on any atom is 0.154 e.